The normalized spacial score (nSPS) is 21.1. The van der Waals surface area contributed by atoms with Gasteiger partial charge in [-0.1, -0.05) is 0 Å². The third kappa shape index (κ3) is 1.78. The molecule has 2 rings (SSSR count). The highest BCUT2D eigenvalue weighted by molar-refractivity contribution is 7.09. The number of carbonyl (C=O) groups excluding carboxylic acids is 1. The maximum Gasteiger partial charge on any atom is 0.241 e. The molecule has 1 aliphatic rings. The smallest absolute Gasteiger partial charge is 0.241 e. The summed E-state index contributed by atoms with van der Waals surface area (Å²) in [5, 5.41) is 3.12. The lowest BCUT2D eigenvalue weighted by atomic mass is 10.1. The fourth-order valence-corrected chi connectivity index (χ4v) is 2.15. The van der Waals surface area contributed by atoms with E-state index < -0.39 is 0 Å². The Morgan fingerprint density at radius 3 is 3.07 bits per heavy atom. The molecule has 0 radical (unpaired) electrons. The summed E-state index contributed by atoms with van der Waals surface area (Å²) in [6.07, 6.45) is 0.836. The number of β-lactam (4-membered cyclic amide) rings is 1. The molecule has 1 aromatic heterocycles. The summed E-state index contributed by atoms with van der Waals surface area (Å²) in [5.74, 6) is 0.0666. The lowest BCUT2D eigenvalue weighted by molar-refractivity contribution is -0.142. The number of amides is 1. The molecule has 1 amide bonds. The molecule has 0 aromatic carbocycles. The molecule has 76 valence electrons. The zero-order valence-electron chi connectivity index (χ0n) is 8.06. The summed E-state index contributed by atoms with van der Waals surface area (Å²) in [6, 6.07) is -0.257. The van der Waals surface area contributed by atoms with Gasteiger partial charge in [0.15, 0.2) is 0 Å². The molecule has 1 aliphatic heterocycles. The van der Waals surface area contributed by atoms with E-state index in [0.717, 1.165) is 23.7 Å². The SMILES string of the molecule is Cc1nc(CCN2CC(N)C2=O)cs1. The van der Waals surface area contributed by atoms with Crippen LogP contribution in [0.15, 0.2) is 5.38 Å². The minimum Gasteiger partial charge on any atom is -0.339 e. The Morgan fingerprint density at radius 2 is 2.57 bits per heavy atom. The number of likely N-dealkylation sites (tertiary alicyclic amines) is 1. The van der Waals surface area contributed by atoms with E-state index in [0.29, 0.717) is 6.54 Å². The second kappa shape index (κ2) is 3.67. The van der Waals surface area contributed by atoms with E-state index in [2.05, 4.69) is 4.98 Å². The summed E-state index contributed by atoms with van der Waals surface area (Å²) in [4.78, 5) is 17.3. The molecule has 0 aliphatic carbocycles. The lowest BCUT2D eigenvalue weighted by Crippen LogP contribution is -2.61. The van der Waals surface area contributed by atoms with Crippen LogP contribution in [0.1, 0.15) is 10.7 Å². The van der Waals surface area contributed by atoms with Gasteiger partial charge in [0.05, 0.1) is 10.7 Å². The number of thiazole rings is 1. The number of carbonyl (C=O) groups is 1. The maximum atomic E-state index is 11.2. The summed E-state index contributed by atoms with van der Waals surface area (Å²) in [6.45, 7) is 3.43. The van der Waals surface area contributed by atoms with Crippen LogP contribution in [0.5, 0.6) is 0 Å². The van der Waals surface area contributed by atoms with Gasteiger partial charge in [0.1, 0.15) is 6.04 Å². The summed E-state index contributed by atoms with van der Waals surface area (Å²) in [7, 11) is 0. The predicted molar refractivity (Wildman–Crippen MR) is 55.1 cm³/mol. The number of nitrogens with zero attached hydrogens (tertiary/aromatic N) is 2. The van der Waals surface area contributed by atoms with Gasteiger partial charge in [0, 0.05) is 24.9 Å². The van der Waals surface area contributed by atoms with Crippen molar-refractivity contribution in [2.24, 2.45) is 5.73 Å². The number of hydrogen-bond acceptors (Lipinski definition) is 4. The zero-order valence-corrected chi connectivity index (χ0v) is 8.88. The van der Waals surface area contributed by atoms with E-state index in [1.165, 1.54) is 0 Å². The average Bonchev–Trinajstić information content (AvgIpc) is 2.58. The molecule has 2 N–H and O–H groups in total. The van der Waals surface area contributed by atoms with Crippen LogP contribution in [0.4, 0.5) is 0 Å². The van der Waals surface area contributed by atoms with Gasteiger partial charge < -0.3 is 10.6 Å². The third-order valence-electron chi connectivity index (χ3n) is 2.35. The van der Waals surface area contributed by atoms with Crippen LogP contribution in [-0.2, 0) is 11.2 Å². The molecule has 1 atom stereocenters. The number of nitrogens with two attached hydrogens (primary N) is 1. The molecule has 14 heavy (non-hydrogen) atoms. The summed E-state index contributed by atoms with van der Waals surface area (Å²) < 4.78 is 0. The van der Waals surface area contributed by atoms with E-state index in [4.69, 9.17) is 5.73 Å². The Balaban J connectivity index is 1.81. The van der Waals surface area contributed by atoms with Gasteiger partial charge in [-0.05, 0) is 6.92 Å². The van der Waals surface area contributed by atoms with Crippen molar-refractivity contribution in [3.8, 4) is 0 Å². The highest BCUT2D eigenvalue weighted by atomic mass is 32.1. The molecule has 0 bridgehead atoms. The van der Waals surface area contributed by atoms with Crippen LogP contribution >= 0.6 is 11.3 Å². The highest BCUT2D eigenvalue weighted by Gasteiger charge is 2.32. The van der Waals surface area contributed by atoms with Gasteiger partial charge in [-0.3, -0.25) is 4.79 Å². The average molecular weight is 211 g/mol. The van der Waals surface area contributed by atoms with E-state index in [-0.39, 0.29) is 11.9 Å². The molecule has 0 spiro atoms. The molecule has 2 heterocycles. The van der Waals surface area contributed by atoms with Crippen LogP contribution in [0.2, 0.25) is 0 Å². The Kier molecular flexibility index (Phi) is 2.52. The van der Waals surface area contributed by atoms with Gasteiger partial charge in [0.2, 0.25) is 5.91 Å². The minimum atomic E-state index is -0.257. The number of aromatic nitrogens is 1. The Labute approximate surface area is 86.7 Å². The standard InChI is InChI=1S/C9H13N3OS/c1-6-11-7(5-14-6)2-3-12-4-8(10)9(12)13/h5,8H,2-4,10H2,1H3. The van der Waals surface area contributed by atoms with Gasteiger partial charge in [-0.25, -0.2) is 4.98 Å². The van der Waals surface area contributed by atoms with E-state index in [1.54, 1.807) is 16.2 Å². The molecule has 1 fully saturated rings. The fraction of sp³-hybridized carbons (Fsp3) is 0.556. The Hall–Kier alpha value is -0.940. The fourth-order valence-electron chi connectivity index (χ4n) is 1.50. The largest absolute Gasteiger partial charge is 0.339 e. The predicted octanol–water partition coefficient (Wildman–Crippen LogP) is 0.164. The van der Waals surface area contributed by atoms with Crippen LogP contribution < -0.4 is 5.73 Å². The van der Waals surface area contributed by atoms with Crippen LogP contribution in [0.25, 0.3) is 0 Å². The van der Waals surface area contributed by atoms with Crippen LogP contribution in [0.3, 0.4) is 0 Å². The van der Waals surface area contributed by atoms with Crippen molar-refractivity contribution >= 4 is 17.2 Å². The first-order valence-electron chi connectivity index (χ1n) is 4.62. The van der Waals surface area contributed by atoms with Gasteiger partial charge in [-0.2, -0.15) is 0 Å². The van der Waals surface area contributed by atoms with Gasteiger partial charge in [0.25, 0.3) is 0 Å². The summed E-state index contributed by atoms with van der Waals surface area (Å²) >= 11 is 1.64. The number of hydrogen-bond donors (Lipinski definition) is 1. The number of rotatable bonds is 3. The second-order valence-corrected chi connectivity index (χ2v) is 4.56. The Bertz CT molecular complexity index is 350. The van der Waals surface area contributed by atoms with Crippen LogP contribution in [0, 0.1) is 6.92 Å². The molecule has 1 saturated heterocycles. The van der Waals surface area contributed by atoms with Crippen molar-refractivity contribution in [3.63, 3.8) is 0 Å². The van der Waals surface area contributed by atoms with Gasteiger partial charge >= 0.3 is 0 Å². The van der Waals surface area contributed by atoms with Crippen molar-refractivity contribution in [2.75, 3.05) is 13.1 Å². The van der Waals surface area contributed by atoms with Gasteiger partial charge in [-0.15, -0.1) is 11.3 Å². The molecular formula is C9H13N3OS. The molecule has 5 heteroatoms. The molecule has 1 aromatic rings. The van der Waals surface area contributed by atoms with E-state index >= 15 is 0 Å². The molecule has 0 saturated carbocycles. The van der Waals surface area contributed by atoms with Crippen molar-refractivity contribution in [2.45, 2.75) is 19.4 Å². The topological polar surface area (TPSA) is 59.2 Å². The first kappa shape index (κ1) is 9.61. The first-order valence-corrected chi connectivity index (χ1v) is 5.50. The third-order valence-corrected chi connectivity index (χ3v) is 3.17. The van der Waals surface area contributed by atoms with Crippen LogP contribution in [-0.4, -0.2) is 34.9 Å². The van der Waals surface area contributed by atoms with Crippen molar-refractivity contribution in [3.05, 3.63) is 16.1 Å². The van der Waals surface area contributed by atoms with Crippen molar-refractivity contribution in [1.29, 1.82) is 0 Å². The number of aryl methyl sites for hydroxylation is 1. The monoisotopic (exact) mass is 211 g/mol. The minimum absolute atomic E-state index is 0.0666. The molecule has 1 unspecified atom stereocenters. The van der Waals surface area contributed by atoms with Crippen molar-refractivity contribution in [1.82, 2.24) is 9.88 Å². The maximum absolute atomic E-state index is 11.2. The summed E-state index contributed by atoms with van der Waals surface area (Å²) in [5.41, 5.74) is 6.55. The lowest BCUT2D eigenvalue weighted by Gasteiger charge is -2.35. The quantitative estimate of drug-likeness (QED) is 0.725. The highest BCUT2D eigenvalue weighted by Crippen LogP contribution is 2.12. The Morgan fingerprint density at radius 1 is 1.79 bits per heavy atom. The first-order chi connectivity index (χ1) is 6.66. The molecular weight excluding hydrogens is 198 g/mol. The van der Waals surface area contributed by atoms with E-state index in [9.17, 15) is 4.79 Å². The second-order valence-electron chi connectivity index (χ2n) is 3.50. The van der Waals surface area contributed by atoms with E-state index in [1.807, 2.05) is 12.3 Å². The molecule has 4 nitrogen and oxygen atoms in total. The van der Waals surface area contributed by atoms with Crippen molar-refractivity contribution < 1.29 is 4.79 Å². The zero-order chi connectivity index (χ0) is 10.1.